The van der Waals surface area contributed by atoms with Gasteiger partial charge in [0.05, 0.1) is 0 Å². The summed E-state index contributed by atoms with van der Waals surface area (Å²) in [4.78, 5) is 0. The van der Waals surface area contributed by atoms with E-state index in [2.05, 4.69) is 0 Å². The molecule has 4 heteroatoms. The van der Waals surface area contributed by atoms with Gasteiger partial charge in [-0.05, 0) is 24.6 Å². The van der Waals surface area contributed by atoms with Gasteiger partial charge in [-0.2, -0.15) is 0 Å². The van der Waals surface area contributed by atoms with Crippen LogP contribution in [0.15, 0.2) is 12.1 Å². The monoisotopic (exact) mass is 211 g/mol. The molecule has 1 heterocycles. The molecule has 82 valence electrons. The zero-order valence-electron chi connectivity index (χ0n) is 8.63. The summed E-state index contributed by atoms with van der Waals surface area (Å²) in [6.45, 7) is 2.34. The third kappa shape index (κ3) is 1.90. The van der Waals surface area contributed by atoms with Crippen LogP contribution in [-0.4, -0.2) is 13.2 Å². The Morgan fingerprint density at radius 2 is 2.13 bits per heavy atom. The zero-order chi connectivity index (χ0) is 10.8. The van der Waals surface area contributed by atoms with Gasteiger partial charge in [0, 0.05) is 11.6 Å². The minimum absolute atomic E-state index is 0.188. The van der Waals surface area contributed by atoms with E-state index < -0.39 is 6.67 Å². The number of ether oxygens (including phenoxy) is 2. The summed E-state index contributed by atoms with van der Waals surface area (Å²) in [5.74, 6) is 1.26. The second kappa shape index (κ2) is 4.06. The fraction of sp³-hybridized carbons (Fsp3) is 0.455. The van der Waals surface area contributed by atoms with Gasteiger partial charge in [0.15, 0.2) is 11.5 Å². The van der Waals surface area contributed by atoms with E-state index in [4.69, 9.17) is 15.2 Å². The number of fused-ring (bicyclic) bond motifs is 1. The maximum absolute atomic E-state index is 12.6. The van der Waals surface area contributed by atoms with Crippen molar-refractivity contribution < 1.29 is 13.9 Å². The molecule has 3 nitrogen and oxygen atoms in total. The fourth-order valence-electron chi connectivity index (χ4n) is 1.66. The highest BCUT2D eigenvalue weighted by molar-refractivity contribution is 5.51. The first kappa shape index (κ1) is 10.2. The Hall–Kier alpha value is -1.29. The number of benzene rings is 1. The molecule has 0 radical (unpaired) electrons. The van der Waals surface area contributed by atoms with Gasteiger partial charge < -0.3 is 15.2 Å². The highest BCUT2D eigenvalue weighted by Gasteiger charge is 2.19. The van der Waals surface area contributed by atoms with Crippen molar-refractivity contribution in [3.05, 3.63) is 23.3 Å². The Labute approximate surface area is 88.0 Å². The Kier molecular flexibility index (Phi) is 2.77. The second-order valence-electron chi connectivity index (χ2n) is 3.63. The van der Waals surface area contributed by atoms with Crippen LogP contribution in [0, 0.1) is 0 Å². The van der Waals surface area contributed by atoms with Crippen LogP contribution in [0.3, 0.4) is 0 Å². The lowest BCUT2D eigenvalue weighted by molar-refractivity contribution is 0.169. The Morgan fingerprint density at radius 3 is 2.80 bits per heavy atom. The summed E-state index contributed by atoms with van der Waals surface area (Å²) in [7, 11) is 0. The molecule has 1 aliphatic rings. The molecule has 0 saturated heterocycles. The molecule has 0 fully saturated rings. The summed E-state index contributed by atoms with van der Waals surface area (Å²) in [5, 5.41) is 0. The molecule has 1 unspecified atom stereocenters. The lowest BCUT2D eigenvalue weighted by atomic mass is 10.0. The van der Waals surface area contributed by atoms with E-state index in [1.54, 1.807) is 12.1 Å². The maximum Gasteiger partial charge on any atom is 0.166 e. The maximum atomic E-state index is 12.6. The summed E-state index contributed by atoms with van der Waals surface area (Å²) < 4.78 is 23.5. The topological polar surface area (TPSA) is 44.5 Å². The number of alkyl halides is 1. The van der Waals surface area contributed by atoms with Gasteiger partial charge >= 0.3 is 0 Å². The third-order valence-electron chi connectivity index (χ3n) is 2.38. The van der Waals surface area contributed by atoms with Crippen LogP contribution in [0.1, 0.15) is 24.1 Å². The molecule has 1 aliphatic heterocycles. The summed E-state index contributed by atoms with van der Waals surface area (Å²) in [5.41, 5.74) is 7.18. The van der Waals surface area contributed by atoms with Crippen molar-refractivity contribution in [1.82, 2.24) is 0 Å². The van der Waals surface area contributed by atoms with Crippen molar-refractivity contribution in [3.8, 4) is 11.5 Å². The average molecular weight is 211 g/mol. The lowest BCUT2D eigenvalue weighted by Gasteiger charge is -2.23. The average Bonchev–Trinajstić information content (AvgIpc) is 2.27. The molecule has 15 heavy (non-hydrogen) atoms. The van der Waals surface area contributed by atoms with Gasteiger partial charge in [0.2, 0.25) is 0 Å². The Morgan fingerprint density at radius 1 is 1.40 bits per heavy atom. The minimum Gasteiger partial charge on any atom is -0.486 e. The molecule has 1 aromatic rings. The van der Waals surface area contributed by atoms with Crippen molar-refractivity contribution in [1.29, 1.82) is 0 Å². The van der Waals surface area contributed by atoms with Crippen molar-refractivity contribution >= 4 is 0 Å². The van der Waals surface area contributed by atoms with Crippen molar-refractivity contribution in [2.75, 3.05) is 13.2 Å². The van der Waals surface area contributed by atoms with E-state index in [0.29, 0.717) is 30.3 Å². The van der Waals surface area contributed by atoms with E-state index in [-0.39, 0.29) is 6.04 Å². The molecule has 1 atom stereocenters. The van der Waals surface area contributed by atoms with Crippen LogP contribution in [0.2, 0.25) is 0 Å². The van der Waals surface area contributed by atoms with Crippen LogP contribution >= 0.6 is 0 Å². The first-order valence-corrected chi connectivity index (χ1v) is 4.96. The molecule has 2 N–H and O–H groups in total. The quantitative estimate of drug-likeness (QED) is 0.813. The largest absolute Gasteiger partial charge is 0.486 e. The predicted molar refractivity (Wildman–Crippen MR) is 54.8 cm³/mol. The van der Waals surface area contributed by atoms with Gasteiger partial charge in [-0.1, -0.05) is 0 Å². The van der Waals surface area contributed by atoms with Crippen LogP contribution in [0.4, 0.5) is 4.39 Å². The van der Waals surface area contributed by atoms with Crippen LogP contribution in [0.5, 0.6) is 11.5 Å². The standard InChI is InChI=1S/C11H14FNO2/c1-7(13)9-4-8(6-12)5-10-11(9)15-3-2-14-10/h4-5,7H,2-3,6,13H2,1H3. The van der Waals surface area contributed by atoms with E-state index >= 15 is 0 Å². The van der Waals surface area contributed by atoms with E-state index in [1.165, 1.54) is 0 Å². The van der Waals surface area contributed by atoms with Gasteiger partial charge in [-0.3, -0.25) is 0 Å². The predicted octanol–water partition coefficient (Wildman–Crippen LogP) is 1.95. The zero-order valence-corrected chi connectivity index (χ0v) is 8.63. The fourth-order valence-corrected chi connectivity index (χ4v) is 1.66. The summed E-state index contributed by atoms with van der Waals surface area (Å²) in [6, 6.07) is 3.21. The van der Waals surface area contributed by atoms with Crippen molar-refractivity contribution in [2.45, 2.75) is 19.6 Å². The first-order valence-electron chi connectivity index (χ1n) is 4.96. The SMILES string of the molecule is CC(N)c1cc(CF)cc2c1OCCO2. The smallest absolute Gasteiger partial charge is 0.166 e. The van der Waals surface area contributed by atoms with Gasteiger partial charge in [-0.15, -0.1) is 0 Å². The molecule has 2 rings (SSSR count). The van der Waals surface area contributed by atoms with Crippen LogP contribution < -0.4 is 15.2 Å². The summed E-state index contributed by atoms with van der Waals surface area (Å²) in [6.07, 6.45) is 0. The first-order chi connectivity index (χ1) is 7.22. The third-order valence-corrected chi connectivity index (χ3v) is 2.38. The van der Waals surface area contributed by atoms with Crippen LogP contribution in [-0.2, 0) is 6.67 Å². The van der Waals surface area contributed by atoms with E-state index in [0.717, 1.165) is 5.56 Å². The number of halogens is 1. The molecular formula is C11H14FNO2. The Balaban J connectivity index is 2.50. The Bertz CT molecular complexity index is 366. The molecule has 1 aromatic carbocycles. The van der Waals surface area contributed by atoms with Gasteiger partial charge in [0.1, 0.15) is 19.9 Å². The number of nitrogens with two attached hydrogens (primary N) is 1. The normalized spacial score (nSPS) is 16.2. The number of rotatable bonds is 2. The van der Waals surface area contributed by atoms with Gasteiger partial charge in [-0.25, -0.2) is 4.39 Å². The molecule has 0 aromatic heterocycles. The lowest BCUT2D eigenvalue weighted by Crippen LogP contribution is -2.19. The van der Waals surface area contributed by atoms with E-state index in [1.807, 2.05) is 6.92 Å². The molecule has 0 aliphatic carbocycles. The minimum atomic E-state index is -0.518. The van der Waals surface area contributed by atoms with Crippen molar-refractivity contribution in [3.63, 3.8) is 0 Å². The van der Waals surface area contributed by atoms with Crippen molar-refractivity contribution in [2.24, 2.45) is 5.73 Å². The number of hydrogen-bond donors (Lipinski definition) is 1. The van der Waals surface area contributed by atoms with E-state index in [9.17, 15) is 4.39 Å². The highest BCUT2D eigenvalue weighted by atomic mass is 19.1. The molecular weight excluding hydrogens is 197 g/mol. The van der Waals surface area contributed by atoms with Crippen LogP contribution in [0.25, 0.3) is 0 Å². The summed E-state index contributed by atoms with van der Waals surface area (Å²) >= 11 is 0. The molecule has 0 spiro atoms. The molecule has 0 saturated carbocycles. The molecule has 0 amide bonds. The number of hydrogen-bond acceptors (Lipinski definition) is 3. The molecule has 0 bridgehead atoms. The van der Waals surface area contributed by atoms with Gasteiger partial charge in [0.25, 0.3) is 0 Å². The second-order valence-corrected chi connectivity index (χ2v) is 3.63. The highest BCUT2D eigenvalue weighted by Crippen LogP contribution is 2.37.